The molecule has 0 spiro atoms. The molecule has 9 nitrogen and oxygen atoms in total. The van der Waals surface area contributed by atoms with E-state index in [1.165, 1.54) is 23.8 Å². The van der Waals surface area contributed by atoms with Gasteiger partial charge >= 0.3 is 0 Å². The molecule has 1 saturated carbocycles. The van der Waals surface area contributed by atoms with E-state index < -0.39 is 6.43 Å². The molecule has 1 aromatic carbocycles. The molecule has 1 aliphatic carbocycles. The van der Waals surface area contributed by atoms with E-state index in [9.17, 15) is 8.78 Å². The predicted octanol–water partition coefficient (Wildman–Crippen LogP) is 6.42. The van der Waals surface area contributed by atoms with Gasteiger partial charge in [0.2, 0.25) is 5.95 Å². The highest BCUT2D eigenvalue weighted by Gasteiger charge is 2.25. The molecule has 2 aromatic heterocycles. The summed E-state index contributed by atoms with van der Waals surface area (Å²) in [5, 5.41) is 0. The molecule has 1 unspecified atom stereocenters. The van der Waals surface area contributed by atoms with Crippen molar-refractivity contribution in [3.63, 3.8) is 0 Å². The van der Waals surface area contributed by atoms with E-state index in [0.29, 0.717) is 67.7 Å². The number of imidazole rings is 1. The molecule has 11 heteroatoms. The third kappa shape index (κ3) is 8.10. The van der Waals surface area contributed by atoms with Gasteiger partial charge in [-0.15, -0.1) is 0 Å². The summed E-state index contributed by atoms with van der Waals surface area (Å²) in [7, 11) is 0. The monoisotopic (exact) mass is 613 g/mol. The molecular weight excluding hydrogens is 568 g/mol. The molecule has 44 heavy (non-hydrogen) atoms. The smallest absolute Gasteiger partial charge is 0.296 e. The summed E-state index contributed by atoms with van der Waals surface area (Å²) in [5.74, 6) is 1.38. The molecule has 3 aromatic rings. The van der Waals surface area contributed by atoms with Gasteiger partial charge in [0.1, 0.15) is 5.82 Å². The van der Waals surface area contributed by atoms with Gasteiger partial charge in [0.15, 0.2) is 12.1 Å². The SMILES string of the molecule is FC(F)c1nc2ccccc2n1-c1cc(CCCC2CCC(OCCCOC3CCCCO3)CC2)nc(N2CCOCC2)n1. The van der Waals surface area contributed by atoms with Crippen molar-refractivity contribution in [2.75, 3.05) is 51.0 Å². The van der Waals surface area contributed by atoms with E-state index in [0.717, 1.165) is 70.3 Å². The van der Waals surface area contributed by atoms with Gasteiger partial charge in [-0.2, -0.15) is 4.98 Å². The predicted molar refractivity (Wildman–Crippen MR) is 163 cm³/mol. The number of para-hydroxylation sites is 2. The maximum Gasteiger partial charge on any atom is 0.296 e. The number of anilines is 1. The molecule has 0 amide bonds. The van der Waals surface area contributed by atoms with Crippen LogP contribution in [0.2, 0.25) is 0 Å². The minimum absolute atomic E-state index is 0.0278. The highest BCUT2D eigenvalue weighted by Crippen LogP contribution is 2.31. The summed E-state index contributed by atoms with van der Waals surface area (Å²) in [6.45, 7) is 4.77. The van der Waals surface area contributed by atoms with Crippen LogP contribution in [0.3, 0.4) is 0 Å². The first-order valence-corrected chi connectivity index (χ1v) is 16.5. The van der Waals surface area contributed by atoms with E-state index in [-0.39, 0.29) is 12.1 Å². The molecule has 4 heterocycles. The highest BCUT2D eigenvalue weighted by atomic mass is 19.3. The van der Waals surface area contributed by atoms with Crippen LogP contribution in [0, 0.1) is 5.92 Å². The number of benzene rings is 1. The number of hydrogen-bond acceptors (Lipinski definition) is 8. The lowest BCUT2D eigenvalue weighted by atomic mass is 9.84. The minimum Gasteiger partial charge on any atom is -0.378 e. The van der Waals surface area contributed by atoms with Gasteiger partial charge in [-0.25, -0.2) is 18.7 Å². The Balaban J connectivity index is 1.03. The molecular formula is C33H45F2N5O4. The summed E-state index contributed by atoms with van der Waals surface area (Å²) < 4.78 is 52.9. The van der Waals surface area contributed by atoms with Crippen LogP contribution in [-0.2, 0) is 25.4 Å². The van der Waals surface area contributed by atoms with Crippen molar-refractivity contribution in [2.45, 2.75) is 89.4 Å². The van der Waals surface area contributed by atoms with Crippen LogP contribution in [0.5, 0.6) is 0 Å². The van der Waals surface area contributed by atoms with Gasteiger partial charge in [-0.3, -0.25) is 4.57 Å². The number of rotatable bonds is 13. The van der Waals surface area contributed by atoms with E-state index >= 15 is 0 Å². The number of hydrogen-bond donors (Lipinski definition) is 0. The van der Waals surface area contributed by atoms with Crippen molar-refractivity contribution < 1.29 is 27.7 Å². The second-order valence-electron chi connectivity index (χ2n) is 12.1. The molecule has 6 rings (SSSR count). The zero-order valence-electron chi connectivity index (χ0n) is 25.5. The molecule has 240 valence electrons. The number of fused-ring (bicyclic) bond motifs is 1. The average Bonchev–Trinajstić information content (AvgIpc) is 3.46. The maximum atomic E-state index is 14.1. The Morgan fingerprint density at radius 3 is 2.50 bits per heavy atom. The third-order valence-corrected chi connectivity index (χ3v) is 8.98. The van der Waals surface area contributed by atoms with Gasteiger partial charge < -0.3 is 23.8 Å². The molecule has 2 aliphatic heterocycles. The first-order valence-electron chi connectivity index (χ1n) is 16.5. The van der Waals surface area contributed by atoms with Crippen molar-refractivity contribution in [3.8, 4) is 5.82 Å². The lowest BCUT2D eigenvalue weighted by Crippen LogP contribution is -2.37. The summed E-state index contributed by atoms with van der Waals surface area (Å²) in [6.07, 6.45) is 9.22. The van der Waals surface area contributed by atoms with Gasteiger partial charge in [0.05, 0.1) is 37.0 Å². The number of ether oxygens (including phenoxy) is 4. The van der Waals surface area contributed by atoms with Gasteiger partial charge in [0.25, 0.3) is 6.43 Å². The number of halogens is 2. The van der Waals surface area contributed by atoms with E-state index in [2.05, 4.69) is 9.88 Å². The third-order valence-electron chi connectivity index (χ3n) is 8.98. The van der Waals surface area contributed by atoms with E-state index in [1.807, 2.05) is 24.3 Å². The molecule has 3 fully saturated rings. The van der Waals surface area contributed by atoms with Crippen molar-refractivity contribution >= 4 is 17.0 Å². The molecule has 2 saturated heterocycles. The number of nitrogens with zero attached hydrogens (tertiary/aromatic N) is 5. The average molecular weight is 614 g/mol. The Kier molecular flexibility index (Phi) is 11.0. The summed E-state index contributed by atoms with van der Waals surface area (Å²) in [4.78, 5) is 16.0. The van der Waals surface area contributed by atoms with Crippen LogP contribution in [0.4, 0.5) is 14.7 Å². The lowest BCUT2D eigenvalue weighted by Gasteiger charge is -2.29. The van der Waals surface area contributed by atoms with Gasteiger partial charge in [0, 0.05) is 38.1 Å². The molecule has 1 atom stereocenters. The molecule has 3 aliphatic rings. The summed E-state index contributed by atoms with van der Waals surface area (Å²) >= 11 is 0. The topological polar surface area (TPSA) is 83.8 Å². The first-order chi connectivity index (χ1) is 21.6. The van der Waals surface area contributed by atoms with Crippen LogP contribution < -0.4 is 4.90 Å². The first kappa shape index (κ1) is 31.3. The Hall–Kier alpha value is -2.73. The van der Waals surface area contributed by atoms with Crippen LogP contribution in [-0.4, -0.2) is 78.0 Å². The zero-order valence-corrected chi connectivity index (χ0v) is 25.5. The Morgan fingerprint density at radius 2 is 1.70 bits per heavy atom. The van der Waals surface area contributed by atoms with Crippen molar-refractivity contribution in [1.29, 1.82) is 0 Å². The fraction of sp³-hybridized carbons (Fsp3) is 0.667. The molecule has 0 bridgehead atoms. The summed E-state index contributed by atoms with van der Waals surface area (Å²) in [6, 6.07) is 9.07. The quantitative estimate of drug-likeness (QED) is 0.204. The minimum atomic E-state index is -2.73. The molecule has 0 N–H and O–H groups in total. The number of alkyl halides is 2. The van der Waals surface area contributed by atoms with E-state index in [1.54, 1.807) is 6.07 Å². The zero-order chi connectivity index (χ0) is 30.1. The van der Waals surface area contributed by atoms with E-state index in [4.69, 9.17) is 28.9 Å². The van der Waals surface area contributed by atoms with Crippen molar-refractivity contribution in [1.82, 2.24) is 19.5 Å². The van der Waals surface area contributed by atoms with Gasteiger partial charge in [-0.05, 0) is 82.3 Å². The second-order valence-corrected chi connectivity index (χ2v) is 12.1. The van der Waals surface area contributed by atoms with Crippen molar-refractivity contribution in [3.05, 3.63) is 41.9 Å². The number of aryl methyl sites for hydroxylation is 1. The van der Waals surface area contributed by atoms with Crippen LogP contribution in [0.25, 0.3) is 16.9 Å². The fourth-order valence-corrected chi connectivity index (χ4v) is 6.57. The Morgan fingerprint density at radius 1 is 0.886 bits per heavy atom. The van der Waals surface area contributed by atoms with Crippen molar-refractivity contribution in [2.24, 2.45) is 5.92 Å². The highest BCUT2D eigenvalue weighted by molar-refractivity contribution is 5.78. The largest absolute Gasteiger partial charge is 0.378 e. The molecule has 0 radical (unpaired) electrons. The second kappa shape index (κ2) is 15.5. The van der Waals surface area contributed by atoms with Crippen LogP contribution in [0.1, 0.15) is 82.2 Å². The van der Waals surface area contributed by atoms with Crippen LogP contribution >= 0.6 is 0 Å². The van der Waals surface area contributed by atoms with Gasteiger partial charge in [-0.1, -0.05) is 18.6 Å². The Bertz CT molecular complexity index is 1320. The standard InChI is InChI=1S/C33H45F2N5O4/c34-31(35)32-37-27-9-1-2-10-28(27)40(32)29-23-25(36-33(38-29)39-16-21-41-22-17-39)8-5-7-24-12-14-26(15-13-24)42-19-6-20-44-30-11-3-4-18-43-30/h1-2,9-10,23-24,26,30-31H,3-8,11-22H2. The number of morpholine rings is 1. The fourth-order valence-electron chi connectivity index (χ4n) is 6.57. The van der Waals surface area contributed by atoms with Crippen LogP contribution in [0.15, 0.2) is 30.3 Å². The normalized spacial score (nSPS) is 23.1. The lowest BCUT2D eigenvalue weighted by molar-refractivity contribution is -0.164. The summed E-state index contributed by atoms with van der Waals surface area (Å²) in [5.41, 5.74) is 2.01. The maximum absolute atomic E-state index is 14.1. The number of aromatic nitrogens is 4. The Labute approximate surface area is 258 Å².